The number of para-hydroxylation sites is 1. The first-order valence-electron chi connectivity index (χ1n) is 4.62. The Morgan fingerprint density at radius 2 is 1.93 bits per heavy atom. The third-order valence-electron chi connectivity index (χ3n) is 1.97. The van der Waals surface area contributed by atoms with E-state index in [2.05, 4.69) is 36.0 Å². The summed E-state index contributed by atoms with van der Waals surface area (Å²) < 4.78 is 0. The molecule has 0 atom stereocenters. The first-order valence-corrected chi connectivity index (χ1v) is 4.62. The van der Waals surface area contributed by atoms with Gasteiger partial charge in [0.1, 0.15) is 0 Å². The second-order valence-electron chi connectivity index (χ2n) is 3.49. The van der Waals surface area contributed by atoms with Gasteiger partial charge in [0.15, 0.2) is 0 Å². The monoisotopic (exact) mass is 184 g/mol. The second-order valence-corrected chi connectivity index (χ2v) is 3.49. The van der Waals surface area contributed by atoms with E-state index in [0.29, 0.717) is 0 Å². The van der Waals surface area contributed by atoms with Crippen molar-refractivity contribution in [1.29, 1.82) is 0 Å². The Morgan fingerprint density at radius 1 is 1.14 bits per heavy atom. The van der Waals surface area contributed by atoms with Crippen molar-refractivity contribution in [2.45, 2.75) is 13.8 Å². The third kappa shape index (κ3) is 1.64. The number of rotatable bonds is 1. The SMILES string of the molecule is CC(C)=Cc1cccc2nccnc12. The molecule has 70 valence electrons. The third-order valence-corrected chi connectivity index (χ3v) is 1.97. The summed E-state index contributed by atoms with van der Waals surface area (Å²) in [6.45, 7) is 4.16. The first kappa shape index (κ1) is 8.88. The van der Waals surface area contributed by atoms with Gasteiger partial charge < -0.3 is 0 Å². The number of fused-ring (bicyclic) bond motifs is 1. The molecule has 0 aliphatic heterocycles. The molecular formula is C12H12N2. The van der Waals surface area contributed by atoms with Crippen LogP contribution in [0.2, 0.25) is 0 Å². The summed E-state index contributed by atoms with van der Waals surface area (Å²) in [5.74, 6) is 0. The molecule has 0 bridgehead atoms. The minimum Gasteiger partial charge on any atom is -0.253 e. The molecule has 0 aliphatic carbocycles. The Hall–Kier alpha value is -1.70. The molecule has 2 nitrogen and oxygen atoms in total. The number of allylic oxidation sites excluding steroid dienone is 1. The van der Waals surface area contributed by atoms with Crippen molar-refractivity contribution in [3.63, 3.8) is 0 Å². The van der Waals surface area contributed by atoms with E-state index in [-0.39, 0.29) is 0 Å². The number of hydrogen-bond acceptors (Lipinski definition) is 2. The summed E-state index contributed by atoms with van der Waals surface area (Å²) in [5.41, 5.74) is 4.32. The van der Waals surface area contributed by atoms with Crippen molar-refractivity contribution >= 4 is 17.1 Å². The van der Waals surface area contributed by atoms with Crippen LogP contribution in [0.5, 0.6) is 0 Å². The molecule has 2 rings (SSSR count). The van der Waals surface area contributed by atoms with Gasteiger partial charge in [-0.15, -0.1) is 0 Å². The van der Waals surface area contributed by atoms with Crippen LogP contribution in [-0.2, 0) is 0 Å². The van der Waals surface area contributed by atoms with E-state index < -0.39 is 0 Å². The van der Waals surface area contributed by atoms with Crippen molar-refractivity contribution < 1.29 is 0 Å². The molecule has 0 saturated heterocycles. The van der Waals surface area contributed by atoms with Crippen LogP contribution in [0.3, 0.4) is 0 Å². The molecule has 1 heterocycles. The fourth-order valence-electron chi connectivity index (χ4n) is 1.44. The Morgan fingerprint density at radius 3 is 2.71 bits per heavy atom. The summed E-state index contributed by atoms with van der Waals surface area (Å²) in [4.78, 5) is 8.58. The Kier molecular flexibility index (Phi) is 2.27. The van der Waals surface area contributed by atoms with Crippen LogP contribution in [0.1, 0.15) is 19.4 Å². The zero-order valence-electron chi connectivity index (χ0n) is 8.36. The Balaban J connectivity index is 2.71. The standard InChI is InChI=1S/C12H12N2/c1-9(2)8-10-4-3-5-11-12(10)14-7-6-13-11/h3-8H,1-2H3. The van der Waals surface area contributed by atoms with Crippen LogP contribution >= 0.6 is 0 Å². The molecule has 0 aliphatic rings. The summed E-state index contributed by atoms with van der Waals surface area (Å²) in [6.07, 6.45) is 5.57. The van der Waals surface area contributed by atoms with Gasteiger partial charge in [0.05, 0.1) is 11.0 Å². The molecule has 2 heteroatoms. The maximum atomic E-state index is 4.33. The topological polar surface area (TPSA) is 25.8 Å². The normalized spacial score (nSPS) is 10.1. The highest BCUT2D eigenvalue weighted by atomic mass is 14.8. The molecule has 0 radical (unpaired) electrons. The minimum absolute atomic E-state index is 0.947. The Labute approximate surface area is 83.3 Å². The highest BCUT2D eigenvalue weighted by molar-refractivity contribution is 5.84. The van der Waals surface area contributed by atoms with E-state index >= 15 is 0 Å². The predicted octanol–water partition coefficient (Wildman–Crippen LogP) is 3.05. The second kappa shape index (κ2) is 3.58. The van der Waals surface area contributed by atoms with Gasteiger partial charge in [-0.2, -0.15) is 0 Å². The Bertz CT molecular complexity index is 477. The van der Waals surface area contributed by atoms with Crippen LogP contribution in [0, 0.1) is 0 Å². The van der Waals surface area contributed by atoms with Crippen LogP contribution in [0.15, 0.2) is 36.2 Å². The fourth-order valence-corrected chi connectivity index (χ4v) is 1.44. The van der Waals surface area contributed by atoms with E-state index in [9.17, 15) is 0 Å². The molecule has 0 amide bonds. The first-order chi connectivity index (χ1) is 6.77. The van der Waals surface area contributed by atoms with Gasteiger partial charge in [-0.25, -0.2) is 0 Å². The molecule has 0 N–H and O–H groups in total. The summed E-state index contributed by atoms with van der Waals surface area (Å²) in [7, 11) is 0. The number of nitrogens with zero attached hydrogens (tertiary/aromatic N) is 2. The van der Waals surface area contributed by atoms with E-state index in [1.165, 1.54) is 5.57 Å². The fraction of sp³-hybridized carbons (Fsp3) is 0.167. The number of hydrogen-bond donors (Lipinski definition) is 0. The van der Waals surface area contributed by atoms with Gasteiger partial charge in [-0.05, 0) is 19.9 Å². The number of aromatic nitrogens is 2. The largest absolute Gasteiger partial charge is 0.253 e. The molecule has 0 spiro atoms. The minimum atomic E-state index is 0.947. The molecule has 0 saturated carbocycles. The van der Waals surface area contributed by atoms with E-state index in [1.807, 2.05) is 12.1 Å². The van der Waals surface area contributed by atoms with E-state index in [4.69, 9.17) is 0 Å². The zero-order chi connectivity index (χ0) is 9.97. The van der Waals surface area contributed by atoms with Crippen molar-refractivity contribution in [3.05, 3.63) is 41.7 Å². The summed E-state index contributed by atoms with van der Waals surface area (Å²) in [6, 6.07) is 6.04. The molecular weight excluding hydrogens is 172 g/mol. The number of benzene rings is 1. The average Bonchev–Trinajstić information content (AvgIpc) is 2.18. The van der Waals surface area contributed by atoms with Crippen molar-refractivity contribution in [3.8, 4) is 0 Å². The molecule has 0 unspecified atom stereocenters. The smallest absolute Gasteiger partial charge is 0.0958 e. The molecule has 14 heavy (non-hydrogen) atoms. The van der Waals surface area contributed by atoms with Gasteiger partial charge >= 0.3 is 0 Å². The predicted molar refractivity (Wildman–Crippen MR) is 58.9 cm³/mol. The summed E-state index contributed by atoms with van der Waals surface area (Å²) >= 11 is 0. The van der Waals surface area contributed by atoms with Gasteiger partial charge in [-0.1, -0.05) is 23.8 Å². The van der Waals surface area contributed by atoms with E-state index in [0.717, 1.165) is 16.6 Å². The van der Waals surface area contributed by atoms with Crippen LogP contribution < -0.4 is 0 Å². The van der Waals surface area contributed by atoms with Crippen LogP contribution in [0.4, 0.5) is 0 Å². The lowest BCUT2D eigenvalue weighted by Gasteiger charge is -2.00. The maximum absolute atomic E-state index is 4.33. The van der Waals surface area contributed by atoms with Crippen LogP contribution in [0.25, 0.3) is 17.1 Å². The summed E-state index contributed by atoms with van der Waals surface area (Å²) in [5, 5.41) is 0. The lowest BCUT2D eigenvalue weighted by molar-refractivity contribution is 1.29. The van der Waals surface area contributed by atoms with Gasteiger partial charge in [0.2, 0.25) is 0 Å². The lowest BCUT2D eigenvalue weighted by Crippen LogP contribution is -1.85. The molecule has 1 aromatic carbocycles. The molecule has 2 aromatic rings. The highest BCUT2D eigenvalue weighted by Gasteiger charge is 1.98. The van der Waals surface area contributed by atoms with Crippen molar-refractivity contribution in [1.82, 2.24) is 9.97 Å². The quantitative estimate of drug-likeness (QED) is 0.680. The van der Waals surface area contributed by atoms with Gasteiger partial charge in [-0.3, -0.25) is 9.97 Å². The molecule has 0 fully saturated rings. The van der Waals surface area contributed by atoms with Crippen molar-refractivity contribution in [2.75, 3.05) is 0 Å². The molecule has 1 aromatic heterocycles. The van der Waals surface area contributed by atoms with Gasteiger partial charge in [0.25, 0.3) is 0 Å². The highest BCUT2D eigenvalue weighted by Crippen LogP contribution is 2.16. The average molecular weight is 184 g/mol. The van der Waals surface area contributed by atoms with Crippen molar-refractivity contribution in [2.24, 2.45) is 0 Å². The van der Waals surface area contributed by atoms with Crippen LogP contribution in [-0.4, -0.2) is 9.97 Å². The van der Waals surface area contributed by atoms with Gasteiger partial charge in [0, 0.05) is 18.0 Å². The zero-order valence-corrected chi connectivity index (χ0v) is 8.36. The maximum Gasteiger partial charge on any atom is 0.0958 e. The van der Waals surface area contributed by atoms with E-state index in [1.54, 1.807) is 12.4 Å². The lowest BCUT2D eigenvalue weighted by atomic mass is 10.1.